The normalized spacial score (nSPS) is 11.7. The summed E-state index contributed by atoms with van der Waals surface area (Å²) < 4.78 is 34.8. The third-order valence-corrected chi connectivity index (χ3v) is 1.32. The lowest BCUT2D eigenvalue weighted by Gasteiger charge is -1.99. The summed E-state index contributed by atoms with van der Waals surface area (Å²) in [6, 6.07) is 2.72. The Balaban J connectivity index is 2.55. The molecule has 0 saturated carbocycles. The van der Waals surface area contributed by atoms with Crippen LogP contribution in [0.1, 0.15) is 10.4 Å². The fourth-order valence-electron chi connectivity index (χ4n) is 0.732. The van der Waals surface area contributed by atoms with Gasteiger partial charge in [0, 0.05) is 18.0 Å². The van der Waals surface area contributed by atoms with Crippen molar-refractivity contribution in [2.45, 2.75) is 6.18 Å². The Morgan fingerprint density at radius 1 is 1.40 bits per heavy atom. The third-order valence-electron chi connectivity index (χ3n) is 1.32. The van der Waals surface area contributed by atoms with Crippen molar-refractivity contribution in [3.8, 4) is 0 Å². The Hall–Kier alpha value is -1.92. The van der Waals surface area contributed by atoms with E-state index in [0.717, 1.165) is 0 Å². The largest absolute Gasteiger partial charge is 0.428 e. The van der Waals surface area contributed by atoms with Gasteiger partial charge in [0.1, 0.15) is 6.21 Å². The number of amides is 1. The molecule has 0 aliphatic carbocycles. The molecular formula is C8H6F3N3O. The van der Waals surface area contributed by atoms with Crippen molar-refractivity contribution in [2.24, 2.45) is 5.10 Å². The summed E-state index contributed by atoms with van der Waals surface area (Å²) in [4.78, 5) is 14.8. The molecule has 0 saturated heterocycles. The van der Waals surface area contributed by atoms with Gasteiger partial charge in [-0.05, 0) is 12.1 Å². The standard InChI is InChI=1S/C8H6F3N3O/c9-8(10,11)5-13-14-7(15)6-1-3-12-4-2-6/h1-5H,(H,14,15)/b13-5-. The highest BCUT2D eigenvalue weighted by Gasteiger charge is 2.23. The Bertz CT molecular complexity index is 361. The number of hydrazone groups is 1. The van der Waals surface area contributed by atoms with Crippen LogP contribution in [0.5, 0.6) is 0 Å². The van der Waals surface area contributed by atoms with Crippen LogP contribution >= 0.6 is 0 Å². The van der Waals surface area contributed by atoms with Gasteiger partial charge in [0.15, 0.2) is 0 Å². The lowest BCUT2D eigenvalue weighted by atomic mass is 10.3. The van der Waals surface area contributed by atoms with Gasteiger partial charge < -0.3 is 0 Å². The molecule has 0 atom stereocenters. The van der Waals surface area contributed by atoms with Gasteiger partial charge in [0.05, 0.1) is 0 Å². The van der Waals surface area contributed by atoms with E-state index >= 15 is 0 Å². The molecule has 0 bridgehead atoms. The zero-order chi connectivity index (χ0) is 11.3. The molecule has 0 aromatic carbocycles. The number of nitrogens with one attached hydrogen (secondary N) is 1. The van der Waals surface area contributed by atoms with Gasteiger partial charge in [-0.2, -0.15) is 18.3 Å². The van der Waals surface area contributed by atoms with Gasteiger partial charge in [-0.3, -0.25) is 9.78 Å². The number of rotatable bonds is 2. The maximum Gasteiger partial charge on any atom is 0.428 e. The lowest BCUT2D eigenvalue weighted by Crippen LogP contribution is -2.20. The summed E-state index contributed by atoms with van der Waals surface area (Å²) in [5.41, 5.74) is 1.92. The minimum atomic E-state index is -4.54. The smallest absolute Gasteiger partial charge is 0.267 e. The second kappa shape index (κ2) is 4.54. The van der Waals surface area contributed by atoms with Gasteiger partial charge in [0.25, 0.3) is 5.91 Å². The van der Waals surface area contributed by atoms with Crippen LogP contribution in [0.3, 0.4) is 0 Å². The van der Waals surface area contributed by atoms with Gasteiger partial charge in [0.2, 0.25) is 0 Å². The number of pyridine rings is 1. The molecule has 1 aromatic rings. The zero-order valence-electron chi connectivity index (χ0n) is 7.32. The Labute approximate surface area is 82.8 Å². The predicted octanol–water partition coefficient (Wildman–Crippen LogP) is 1.36. The fourth-order valence-corrected chi connectivity index (χ4v) is 0.732. The minimum absolute atomic E-state index is 0.185. The molecule has 0 unspecified atom stereocenters. The van der Waals surface area contributed by atoms with E-state index in [0.29, 0.717) is 0 Å². The van der Waals surface area contributed by atoms with E-state index in [-0.39, 0.29) is 11.8 Å². The highest BCUT2D eigenvalue weighted by Crippen LogP contribution is 2.09. The number of alkyl halides is 3. The lowest BCUT2D eigenvalue weighted by molar-refractivity contribution is -0.0538. The molecule has 1 heterocycles. The van der Waals surface area contributed by atoms with Crippen LogP contribution < -0.4 is 5.43 Å². The van der Waals surface area contributed by atoms with Crippen molar-refractivity contribution in [3.05, 3.63) is 30.1 Å². The predicted molar refractivity (Wildman–Crippen MR) is 46.3 cm³/mol. The van der Waals surface area contributed by atoms with Crippen LogP contribution in [0.2, 0.25) is 0 Å². The van der Waals surface area contributed by atoms with Crippen molar-refractivity contribution in [1.82, 2.24) is 10.4 Å². The minimum Gasteiger partial charge on any atom is -0.267 e. The van der Waals surface area contributed by atoms with Crippen molar-refractivity contribution in [1.29, 1.82) is 0 Å². The van der Waals surface area contributed by atoms with E-state index in [4.69, 9.17) is 0 Å². The molecule has 7 heteroatoms. The van der Waals surface area contributed by atoms with E-state index in [9.17, 15) is 18.0 Å². The highest BCUT2D eigenvalue weighted by molar-refractivity contribution is 5.94. The maximum atomic E-state index is 11.6. The first kappa shape index (κ1) is 11.2. The molecule has 0 fully saturated rings. The molecule has 0 aliphatic heterocycles. The van der Waals surface area contributed by atoms with Crippen molar-refractivity contribution < 1.29 is 18.0 Å². The van der Waals surface area contributed by atoms with Crippen molar-refractivity contribution in [2.75, 3.05) is 0 Å². The molecule has 15 heavy (non-hydrogen) atoms. The first-order valence-corrected chi connectivity index (χ1v) is 3.80. The topological polar surface area (TPSA) is 54.4 Å². The third kappa shape index (κ3) is 4.21. The Morgan fingerprint density at radius 2 is 2.00 bits per heavy atom. The number of hydrogen-bond acceptors (Lipinski definition) is 3. The number of hydrogen-bond donors (Lipinski definition) is 1. The summed E-state index contributed by atoms with van der Waals surface area (Å²) in [6.45, 7) is 0. The molecule has 1 aromatic heterocycles. The van der Waals surface area contributed by atoms with Crippen molar-refractivity contribution in [3.63, 3.8) is 0 Å². The summed E-state index contributed by atoms with van der Waals surface area (Å²) >= 11 is 0. The van der Waals surface area contributed by atoms with E-state index in [1.165, 1.54) is 24.5 Å². The first-order valence-electron chi connectivity index (χ1n) is 3.80. The first-order chi connectivity index (χ1) is 6.99. The molecule has 0 radical (unpaired) electrons. The summed E-state index contributed by atoms with van der Waals surface area (Å²) in [5, 5.41) is 2.75. The molecule has 1 N–H and O–H groups in total. The molecule has 0 aliphatic rings. The molecule has 0 spiro atoms. The van der Waals surface area contributed by atoms with Crippen LogP contribution in [0.4, 0.5) is 13.2 Å². The van der Waals surface area contributed by atoms with Crippen LogP contribution in [0.25, 0.3) is 0 Å². The van der Waals surface area contributed by atoms with Gasteiger partial charge >= 0.3 is 6.18 Å². The molecule has 80 valence electrons. The summed E-state index contributed by atoms with van der Waals surface area (Å²) in [7, 11) is 0. The highest BCUT2D eigenvalue weighted by atomic mass is 19.4. The molecular weight excluding hydrogens is 211 g/mol. The molecule has 1 amide bonds. The number of carbonyl (C=O) groups excluding carboxylic acids is 1. The van der Waals surface area contributed by atoms with E-state index < -0.39 is 12.1 Å². The number of aromatic nitrogens is 1. The van der Waals surface area contributed by atoms with Crippen molar-refractivity contribution >= 4 is 12.1 Å². The zero-order valence-corrected chi connectivity index (χ0v) is 7.32. The number of halogens is 3. The van der Waals surface area contributed by atoms with Crippen LogP contribution in [-0.2, 0) is 0 Å². The van der Waals surface area contributed by atoms with Gasteiger partial charge in [-0.15, -0.1) is 0 Å². The fraction of sp³-hybridized carbons (Fsp3) is 0.125. The van der Waals surface area contributed by atoms with E-state index in [2.05, 4.69) is 10.1 Å². The molecule has 4 nitrogen and oxygen atoms in total. The van der Waals surface area contributed by atoms with E-state index in [1.807, 2.05) is 0 Å². The second-order valence-electron chi connectivity index (χ2n) is 2.48. The molecule has 1 rings (SSSR count). The number of nitrogens with zero attached hydrogens (tertiary/aromatic N) is 2. The van der Waals surface area contributed by atoms with Gasteiger partial charge in [-0.25, -0.2) is 5.43 Å². The average molecular weight is 217 g/mol. The van der Waals surface area contributed by atoms with Crippen LogP contribution in [-0.4, -0.2) is 23.3 Å². The SMILES string of the molecule is O=C(N/N=C\C(F)(F)F)c1ccncc1. The Kier molecular flexibility index (Phi) is 3.37. The van der Waals surface area contributed by atoms with Gasteiger partial charge in [-0.1, -0.05) is 0 Å². The van der Waals surface area contributed by atoms with Crippen LogP contribution in [0, 0.1) is 0 Å². The Morgan fingerprint density at radius 3 is 2.53 bits per heavy atom. The summed E-state index contributed by atoms with van der Waals surface area (Å²) in [5.74, 6) is -0.724. The van der Waals surface area contributed by atoms with Crippen LogP contribution in [0.15, 0.2) is 29.6 Å². The quantitative estimate of drug-likeness (QED) is 0.600. The second-order valence-corrected chi connectivity index (χ2v) is 2.48. The maximum absolute atomic E-state index is 11.6. The summed E-state index contributed by atoms with van der Waals surface area (Å²) in [6.07, 6.45) is -2.14. The van der Waals surface area contributed by atoms with E-state index in [1.54, 1.807) is 5.43 Å². The average Bonchev–Trinajstić information content (AvgIpc) is 2.17. The number of carbonyl (C=O) groups is 1. The monoisotopic (exact) mass is 217 g/mol.